The van der Waals surface area contributed by atoms with Crippen LogP contribution in [0.25, 0.3) is 10.9 Å². The number of H-pyrrole nitrogens is 1. The first-order valence-electron chi connectivity index (χ1n) is 5.01. The molecule has 0 bridgehead atoms. The quantitative estimate of drug-likeness (QED) is 0.801. The SMILES string of the molecule is Cc1c(Cl)ccc2c(=O)c(C(C)O)c[nH]c12. The van der Waals surface area contributed by atoms with Gasteiger partial charge in [0.15, 0.2) is 5.43 Å². The van der Waals surface area contributed by atoms with E-state index in [0.29, 0.717) is 16.0 Å². The molecule has 1 aromatic heterocycles. The van der Waals surface area contributed by atoms with Gasteiger partial charge in [0.05, 0.1) is 11.6 Å². The Morgan fingerprint density at radius 2 is 2.12 bits per heavy atom. The molecule has 0 amide bonds. The summed E-state index contributed by atoms with van der Waals surface area (Å²) >= 11 is 5.97. The number of fused-ring (bicyclic) bond motifs is 1. The van der Waals surface area contributed by atoms with Gasteiger partial charge in [-0.05, 0) is 31.5 Å². The number of benzene rings is 1. The van der Waals surface area contributed by atoms with Crippen molar-refractivity contribution in [2.24, 2.45) is 0 Å². The molecule has 0 radical (unpaired) electrons. The molecule has 1 heterocycles. The zero-order valence-corrected chi connectivity index (χ0v) is 9.80. The van der Waals surface area contributed by atoms with Crippen LogP contribution in [-0.2, 0) is 0 Å². The summed E-state index contributed by atoms with van der Waals surface area (Å²) in [6.45, 7) is 3.42. The molecule has 0 spiro atoms. The van der Waals surface area contributed by atoms with Crippen molar-refractivity contribution < 1.29 is 5.11 Å². The van der Waals surface area contributed by atoms with E-state index in [1.165, 1.54) is 0 Å². The second kappa shape index (κ2) is 3.92. The van der Waals surface area contributed by atoms with E-state index in [-0.39, 0.29) is 5.43 Å². The van der Waals surface area contributed by atoms with E-state index < -0.39 is 6.10 Å². The van der Waals surface area contributed by atoms with Gasteiger partial charge in [-0.1, -0.05) is 11.6 Å². The Bertz CT molecular complexity index is 602. The minimum atomic E-state index is -0.774. The van der Waals surface area contributed by atoms with Gasteiger partial charge in [-0.15, -0.1) is 0 Å². The van der Waals surface area contributed by atoms with Crippen molar-refractivity contribution in [3.05, 3.63) is 44.7 Å². The van der Waals surface area contributed by atoms with E-state index in [2.05, 4.69) is 4.98 Å². The van der Waals surface area contributed by atoms with Crippen LogP contribution >= 0.6 is 11.6 Å². The van der Waals surface area contributed by atoms with Gasteiger partial charge < -0.3 is 10.1 Å². The van der Waals surface area contributed by atoms with Crippen LogP contribution in [0.3, 0.4) is 0 Å². The van der Waals surface area contributed by atoms with Crippen LogP contribution in [0.5, 0.6) is 0 Å². The second-order valence-corrected chi connectivity index (χ2v) is 4.25. The lowest BCUT2D eigenvalue weighted by Gasteiger charge is -2.08. The first-order chi connectivity index (χ1) is 7.52. The fourth-order valence-corrected chi connectivity index (χ4v) is 1.90. The molecule has 0 aliphatic rings. The molecule has 2 N–H and O–H groups in total. The van der Waals surface area contributed by atoms with E-state index >= 15 is 0 Å². The molecule has 84 valence electrons. The molecular weight excluding hydrogens is 226 g/mol. The third kappa shape index (κ3) is 1.62. The Balaban J connectivity index is 2.88. The topological polar surface area (TPSA) is 53.1 Å². The number of pyridine rings is 1. The fourth-order valence-electron chi connectivity index (χ4n) is 1.74. The molecule has 0 aliphatic carbocycles. The Hall–Kier alpha value is -1.32. The molecule has 1 aromatic carbocycles. The molecule has 2 rings (SSSR count). The monoisotopic (exact) mass is 237 g/mol. The van der Waals surface area contributed by atoms with Crippen molar-refractivity contribution in [1.29, 1.82) is 0 Å². The Morgan fingerprint density at radius 1 is 1.44 bits per heavy atom. The number of hydrogen-bond donors (Lipinski definition) is 2. The number of rotatable bonds is 1. The van der Waals surface area contributed by atoms with Crippen molar-refractivity contribution in [2.45, 2.75) is 20.0 Å². The molecule has 1 atom stereocenters. The maximum absolute atomic E-state index is 12.0. The average Bonchev–Trinajstić information content (AvgIpc) is 2.23. The number of hydrogen-bond acceptors (Lipinski definition) is 2. The van der Waals surface area contributed by atoms with Gasteiger partial charge in [-0.25, -0.2) is 0 Å². The van der Waals surface area contributed by atoms with Gasteiger partial charge in [-0.2, -0.15) is 0 Å². The van der Waals surface area contributed by atoms with Crippen molar-refractivity contribution in [3.63, 3.8) is 0 Å². The van der Waals surface area contributed by atoms with E-state index in [1.54, 1.807) is 25.3 Å². The maximum Gasteiger partial charge on any atom is 0.195 e. The van der Waals surface area contributed by atoms with E-state index in [9.17, 15) is 9.90 Å². The van der Waals surface area contributed by atoms with Gasteiger partial charge in [-0.3, -0.25) is 4.79 Å². The van der Waals surface area contributed by atoms with Gasteiger partial charge in [0.1, 0.15) is 0 Å². The van der Waals surface area contributed by atoms with Gasteiger partial charge in [0, 0.05) is 22.2 Å². The fraction of sp³-hybridized carbons (Fsp3) is 0.250. The second-order valence-electron chi connectivity index (χ2n) is 3.84. The highest BCUT2D eigenvalue weighted by Gasteiger charge is 2.11. The molecule has 2 aromatic rings. The van der Waals surface area contributed by atoms with Crippen LogP contribution in [-0.4, -0.2) is 10.1 Å². The normalized spacial score (nSPS) is 13.0. The van der Waals surface area contributed by atoms with Gasteiger partial charge in [0.2, 0.25) is 0 Å². The van der Waals surface area contributed by atoms with Crippen LogP contribution in [0.15, 0.2) is 23.1 Å². The molecule has 0 fully saturated rings. The van der Waals surface area contributed by atoms with Crippen LogP contribution < -0.4 is 5.43 Å². The lowest BCUT2D eigenvalue weighted by molar-refractivity contribution is 0.198. The molecule has 0 aliphatic heterocycles. The predicted octanol–water partition coefficient (Wildman–Crippen LogP) is 2.54. The first kappa shape index (κ1) is 11.2. The standard InChI is InChI=1S/C12H12ClNO2/c1-6-10(13)4-3-8-11(6)14-5-9(7(2)15)12(8)16/h3-5,7,15H,1-2H3,(H,14,16). The van der Waals surface area contributed by atoms with Gasteiger partial charge >= 0.3 is 0 Å². The highest BCUT2D eigenvalue weighted by atomic mass is 35.5. The summed E-state index contributed by atoms with van der Waals surface area (Å²) in [5.41, 5.74) is 1.79. The molecule has 4 heteroatoms. The van der Waals surface area contributed by atoms with Crippen LogP contribution in [0.2, 0.25) is 5.02 Å². The number of aryl methyl sites for hydroxylation is 1. The number of aliphatic hydroxyl groups excluding tert-OH is 1. The van der Waals surface area contributed by atoms with E-state index in [4.69, 9.17) is 11.6 Å². The third-order valence-electron chi connectivity index (χ3n) is 2.73. The summed E-state index contributed by atoms with van der Waals surface area (Å²) < 4.78 is 0. The molecule has 16 heavy (non-hydrogen) atoms. The molecular formula is C12H12ClNO2. The van der Waals surface area contributed by atoms with Crippen molar-refractivity contribution in [3.8, 4) is 0 Å². The summed E-state index contributed by atoms with van der Waals surface area (Å²) in [5.74, 6) is 0. The molecule has 3 nitrogen and oxygen atoms in total. The summed E-state index contributed by atoms with van der Waals surface area (Å²) in [4.78, 5) is 15.0. The Morgan fingerprint density at radius 3 is 2.75 bits per heavy atom. The van der Waals surface area contributed by atoms with Crippen molar-refractivity contribution >= 4 is 22.5 Å². The molecule has 0 saturated carbocycles. The molecule has 1 unspecified atom stereocenters. The van der Waals surface area contributed by atoms with Crippen LogP contribution in [0.4, 0.5) is 0 Å². The smallest absolute Gasteiger partial charge is 0.195 e. The van der Waals surface area contributed by atoms with E-state index in [1.807, 2.05) is 6.92 Å². The summed E-state index contributed by atoms with van der Waals surface area (Å²) in [6.07, 6.45) is 0.766. The zero-order chi connectivity index (χ0) is 11.9. The largest absolute Gasteiger partial charge is 0.389 e. The number of aromatic nitrogens is 1. The van der Waals surface area contributed by atoms with Gasteiger partial charge in [0.25, 0.3) is 0 Å². The zero-order valence-electron chi connectivity index (χ0n) is 9.04. The summed E-state index contributed by atoms with van der Waals surface area (Å²) in [7, 11) is 0. The van der Waals surface area contributed by atoms with Crippen molar-refractivity contribution in [1.82, 2.24) is 4.98 Å². The third-order valence-corrected chi connectivity index (χ3v) is 3.14. The lowest BCUT2D eigenvalue weighted by Crippen LogP contribution is -2.13. The number of nitrogens with one attached hydrogen (secondary N) is 1. The summed E-state index contributed by atoms with van der Waals surface area (Å²) in [6, 6.07) is 3.37. The van der Waals surface area contributed by atoms with Crippen LogP contribution in [0, 0.1) is 6.92 Å². The van der Waals surface area contributed by atoms with E-state index in [0.717, 1.165) is 11.1 Å². The number of aromatic amines is 1. The lowest BCUT2D eigenvalue weighted by atomic mass is 10.1. The first-order valence-corrected chi connectivity index (χ1v) is 5.38. The van der Waals surface area contributed by atoms with Crippen LogP contribution in [0.1, 0.15) is 24.2 Å². The predicted molar refractivity (Wildman–Crippen MR) is 64.9 cm³/mol. The number of halogens is 1. The highest BCUT2D eigenvalue weighted by molar-refractivity contribution is 6.32. The maximum atomic E-state index is 12.0. The highest BCUT2D eigenvalue weighted by Crippen LogP contribution is 2.22. The minimum Gasteiger partial charge on any atom is -0.389 e. The molecule has 0 saturated heterocycles. The Kier molecular flexibility index (Phi) is 2.74. The number of aliphatic hydroxyl groups is 1. The average molecular weight is 238 g/mol. The minimum absolute atomic E-state index is 0.150. The van der Waals surface area contributed by atoms with Crippen molar-refractivity contribution in [2.75, 3.05) is 0 Å². The Labute approximate surface area is 97.7 Å². The summed E-state index contributed by atoms with van der Waals surface area (Å²) in [5, 5.41) is 10.6.